The number of hydrogen-bond donors (Lipinski definition) is 1. The number of rotatable bonds is 4. The first kappa shape index (κ1) is 12.0. The van der Waals surface area contributed by atoms with Crippen LogP contribution in [0.2, 0.25) is 0 Å². The van der Waals surface area contributed by atoms with E-state index in [-0.39, 0.29) is 12.4 Å². The maximum atomic E-state index is 11.4. The van der Waals surface area contributed by atoms with Gasteiger partial charge in [0.1, 0.15) is 5.75 Å². The van der Waals surface area contributed by atoms with E-state index in [1.807, 2.05) is 0 Å². The van der Waals surface area contributed by atoms with Crippen molar-refractivity contribution in [3.63, 3.8) is 0 Å². The molecule has 94 valence electrons. The normalized spacial score (nSPS) is 10.1. The van der Waals surface area contributed by atoms with Gasteiger partial charge in [-0.25, -0.2) is 9.78 Å². The minimum absolute atomic E-state index is 0.0608. The average molecular weight is 248 g/mol. The van der Waals surface area contributed by atoms with Crippen molar-refractivity contribution in [3.05, 3.63) is 24.3 Å². The first-order valence-electron chi connectivity index (χ1n) is 5.34. The Bertz CT molecular complexity index is 553. The van der Waals surface area contributed by atoms with Crippen LogP contribution in [0.25, 0.3) is 11.4 Å². The van der Waals surface area contributed by atoms with Gasteiger partial charge >= 0.3 is 5.97 Å². The smallest absolute Gasteiger partial charge is 0.375 e. The topological polar surface area (TPSA) is 90.0 Å². The summed E-state index contributed by atoms with van der Waals surface area (Å²) < 4.78 is 9.96. The predicted octanol–water partition coefficient (Wildman–Crippen LogP) is 1.05. The van der Waals surface area contributed by atoms with E-state index in [0.717, 1.165) is 0 Å². The maximum Gasteiger partial charge on any atom is 0.375 e. The molecule has 2 aromatic heterocycles. The molecule has 0 aliphatic heterocycles. The molecular formula is C11H12N4O3. The molecule has 0 bridgehead atoms. The lowest BCUT2D eigenvalue weighted by Gasteiger charge is -2.02. The van der Waals surface area contributed by atoms with Crippen LogP contribution in [0.5, 0.6) is 5.75 Å². The molecule has 0 atom stereocenters. The molecule has 0 spiro atoms. The zero-order valence-corrected chi connectivity index (χ0v) is 10.0. The van der Waals surface area contributed by atoms with E-state index in [4.69, 9.17) is 9.47 Å². The number of aromatic amines is 1. The summed E-state index contributed by atoms with van der Waals surface area (Å²) in [6.45, 7) is 2.01. The Morgan fingerprint density at radius 3 is 3.06 bits per heavy atom. The number of esters is 1. The Hall–Kier alpha value is -2.44. The molecule has 2 rings (SSSR count). The van der Waals surface area contributed by atoms with Gasteiger partial charge in [0.2, 0.25) is 5.82 Å². The average Bonchev–Trinajstić information content (AvgIpc) is 2.88. The molecule has 1 N–H and O–H groups in total. The van der Waals surface area contributed by atoms with Crippen molar-refractivity contribution in [2.45, 2.75) is 6.92 Å². The zero-order valence-electron chi connectivity index (χ0n) is 10.0. The number of methoxy groups -OCH3 is 1. The van der Waals surface area contributed by atoms with Gasteiger partial charge in [-0.2, -0.15) is 5.10 Å². The number of aromatic nitrogens is 4. The van der Waals surface area contributed by atoms with Crippen molar-refractivity contribution >= 4 is 5.97 Å². The summed E-state index contributed by atoms with van der Waals surface area (Å²) in [7, 11) is 1.53. The molecule has 7 nitrogen and oxygen atoms in total. The van der Waals surface area contributed by atoms with Gasteiger partial charge in [-0.1, -0.05) is 0 Å². The van der Waals surface area contributed by atoms with Gasteiger partial charge in [-0.15, -0.1) is 0 Å². The largest absolute Gasteiger partial charge is 0.494 e. The minimum atomic E-state index is -0.538. The van der Waals surface area contributed by atoms with Crippen molar-refractivity contribution in [1.82, 2.24) is 20.2 Å². The third-order valence-corrected chi connectivity index (χ3v) is 2.20. The lowest BCUT2D eigenvalue weighted by atomic mass is 10.2. The molecule has 0 aliphatic carbocycles. The molecule has 0 saturated heterocycles. The highest BCUT2D eigenvalue weighted by molar-refractivity contribution is 5.85. The molecule has 0 saturated carbocycles. The number of H-pyrrole nitrogens is 1. The molecule has 0 aromatic carbocycles. The Kier molecular flexibility index (Phi) is 3.52. The highest BCUT2D eigenvalue weighted by atomic mass is 16.5. The predicted molar refractivity (Wildman–Crippen MR) is 62.1 cm³/mol. The molecule has 7 heteroatoms. The lowest BCUT2D eigenvalue weighted by molar-refractivity contribution is 0.0512. The van der Waals surface area contributed by atoms with Gasteiger partial charge < -0.3 is 9.47 Å². The van der Waals surface area contributed by atoms with Crippen LogP contribution in [0.3, 0.4) is 0 Å². The molecule has 2 heterocycles. The molecule has 0 radical (unpaired) electrons. The minimum Gasteiger partial charge on any atom is -0.494 e. The third kappa shape index (κ3) is 2.29. The fourth-order valence-corrected chi connectivity index (χ4v) is 1.40. The van der Waals surface area contributed by atoms with Crippen LogP contribution in [0.1, 0.15) is 17.5 Å². The van der Waals surface area contributed by atoms with Gasteiger partial charge in [-0.05, 0) is 13.0 Å². The summed E-state index contributed by atoms with van der Waals surface area (Å²) in [5, 5.41) is 6.48. The van der Waals surface area contributed by atoms with Crippen LogP contribution in [-0.4, -0.2) is 39.9 Å². The number of carbonyl (C=O) groups excluding carboxylic acids is 1. The van der Waals surface area contributed by atoms with Gasteiger partial charge in [0.05, 0.1) is 25.5 Å². The standard InChI is InChI=1S/C11H12N4O3/c1-3-18-11(16)10-13-9(14-15-10)7-4-5-12-6-8(7)17-2/h4-6H,3H2,1-2H3,(H,13,14,15). The van der Waals surface area contributed by atoms with E-state index in [2.05, 4.69) is 20.2 Å². The molecular weight excluding hydrogens is 236 g/mol. The molecule has 18 heavy (non-hydrogen) atoms. The molecule has 0 fully saturated rings. The van der Waals surface area contributed by atoms with Gasteiger partial charge in [0, 0.05) is 6.20 Å². The van der Waals surface area contributed by atoms with Crippen LogP contribution < -0.4 is 4.74 Å². The van der Waals surface area contributed by atoms with Crippen molar-refractivity contribution in [1.29, 1.82) is 0 Å². The van der Waals surface area contributed by atoms with Crippen molar-refractivity contribution < 1.29 is 14.3 Å². The van der Waals surface area contributed by atoms with E-state index in [1.54, 1.807) is 25.4 Å². The molecule has 2 aromatic rings. The Labute approximate surface area is 103 Å². The van der Waals surface area contributed by atoms with Crippen molar-refractivity contribution in [3.8, 4) is 17.1 Å². The Morgan fingerprint density at radius 1 is 1.50 bits per heavy atom. The van der Waals surface area contributed by atoms with Crippen molar-refractivity contribution in [2.75, 3.05) is 13.7 Å². The van der Waals surface area contributed by atoms with Crippen LogP contribution >= 0.6 is 0 Å². The van der Waals surface area contributed by atoms with E-state index >= 15 is 0 Å². The quantitative estimate of drug-likeness (QED) is 0.813. The summed E-state index contributed by atoms with van der Waals surface area (Å²) in [5.41, 5.74) is 0.652. The number of pyridine rings is 1. The molecule has 0 unspecified atom stereocenters. The third-order valence-electron chi connectivity index (χ3n) is 2.20. The van der Waals surface area contributed by atoms with Crippen LogP contribution in [0.4, 0.5) is 0 Å². The SMILES string of the molecule is CCOC(=O)c1nc(-c2ccncc2OC)n[nH]1. The van der Waals surface area contributed by atoms with E-state index < -0.39 is 5.97 Å². The van der Waals surface area contributed by atoms with Gasteiger partial charge in [-0.3, -0.25) is 10.1 Å². The molecule has 0 amide bonds. The monoisotopic (exact) mass is 248 g/mol. The second-order valence-electron chi connectivity index (χ2n) is 3.30. The second kappa shape index (κ2) is 5.26. The number of nitrogens with one attached hydrogen (secondary N) is 1. The van der Waals surface area contributed by atoms with Crippen LogP contribution in [0, 0.1) is 0 Å². The second-order valence-corrected chi connectivity index (χ2v) is 3.30. The number of ether oxygens (including phenoxy) is 2. The number of hydrogen-bond acceptors (Lipinski definition) is 6. The highest BCUT2D eigenvalue weighted by Gasteiger charge is 2.16. The van der Waals surface area contributed by atoms with Gasteiger partial charge in [0.15, 0.2) is 5.82 Å². The summed E-state index contributed by atoms with van der Waals surface area (Å²) >= 11 is 0. The van der Waals surface area contributed by atoms with Crippen LogP contribution in [-0.2, 0) is 4.74 Å². The summed E-state index contributed by atoms with van der Waals surface area (Å²) in [6.07, 6.45) is 3.15. The fourth-order valence-electron chi connectivity index (χ4n) is 1.40. The Balaban J connectivity index is 2.32. The number of carbonyl (C=O) groups is 1. The highest BCUT2D eigenvalue weighted by Crippen LogP contribution is 2.25. The summed E-state index contributed by atoms with van der Waals surface area (Å²) in [6, 6.07) is 1.71. The van der Waals surface area contributed by atoms with E-state index in [9.17, 15) is 4.79 Å². The summed E-state index contributed by atoms with van der Waals surface area (Å²) in [4.78, 5) is 19.4. The first-order chi connectivity index (χ1) is 8.76. The van der Waals surface area contributed by atoms with E-state index in [0.29, 0.717) is 17.1 Å². The lowest BCUT2D eigenvalue weighted by Crippen LogP contribution is -2.06. The van der Waals surface area contributed by atoms with Crippen molar-refractivity contribution in [2.24, 2.45) is 0 Å². The maximum absolute atomic E-state index is 11.4. The summed E-state index contributed by atoms with van der Waals surface area (Å²) in [5.74, 6) is 0.416. The van der Waals surface area contributed by atoms with Crippen LogP contribution in [0.15, 0.2) is 18.5 Å². The number of nitrogens with zero attached hydrogens (tertiary/aromatic N) is 3. The molecule has 0 aliphatic rings. The van der Waals surface area contributed by atoms with E-state index in [1.165, 1.54) is 7.11 Å². The first-order valence-corrected chi connectivity index (χ1v) is 5.34. The van der Waals surface area contributed by atoms with Gasteiger partial charge in [0.25, 0.3) is 0 Å². The fraction of sp³-hybridized carbons (Fsp3) is 0.273. The Morgan fingerprint density at radius 2 is 2.33 bits per heavy atom. The zero-order chi connectivity index (χ0) is 13.0.